The highest BCUT2D eigenvalue weighted by molar-refractivity contribution is 7.71. The summed E-state index contributed by atoms with van der Waals surface area (Å²) in [5, 5.41) is 10.7. The third-order valence-electron chi connectivity index (χ3n) is 1.49. The Kier molecular flexibility index (Phi) is 3.14. The Morgan fingerprint density at radius 1 is 1.69 bits per heavy atom. The van der Waals surface area contributed by atoms with Gasteiger partial charge in [0.15, 0.2) is 0 Å². The number of H-pyrrole nitrogens is 1. The van der Waals surface area contributed by atoms with Crippen LogP contribution in [0.4, 0.5) is 8.78 Å². The summed E-state index contributed by atoms with van der Waals surface area (Å²) in [6.07, 6.45) is -2.30. The summed E-state index contributed by atoms with van der Waals surface area (Å²) in [5.74, 6) is 0. The van der Waals surface area contributed by atoms with E-state index in [0.717, 1.165) is 0 Å². The van der Waals surface area contributed by atoms with Crippen LogP contribution in [0.25, 0.3) is 0 Å². The topological polar surface area (TPSA) is 44.5 Å². The number of nitrogens with one attached hydrogen (secondary N) is 1. The normalized spacial score (nSPS) is 10.3. The van der Waals surface area contributed by atoms with Gasteiger partial charge in [-0.25, -0.2) is 8.78 Å². The van der Waals surface area contributed by atoms with Crippen molar-refractivity contribution in [3.05, 3.63) is 16.4 Å². The van der Waals surface area contributed by atoms with E-state index in [1.807, 2.05) is 6.07 Å². The summed E-state index contributed by atoms with van der Waals surface area (Å²) in [4.78, 5) is 0. The minimum Gasteiger partial charge on any atom is -0.296 e. The molecule has 0 spiro atoms. The Morgan fingerprint density at radius 3 is 2.85 bits per heavy atom. The zero-order valence-electron chi connectivity index (χ0n) is 6.63. The molecule has 0 unspecified atom stereocenters. The smallest absolute Gasteiger partial charge is 0.279 e. The third-order valence-corrected chi connectivity index (χ3v) is 1.83. The minimum absolute atomic E-state index is 0.206. The molecule has 1 aromatic heterocycles. The van der Waals surface area contributed by atoms with Gasteiger partial charge >= 0.3 is 0 Å². The van der Waals surface area contributed by atoms with Gasteiger partial charge in [-0.1, -0.05) is 12.2 Å². The number of rotatable bonds is 3. The van der Waals surface area contributed by atoms with Gasteiger partial charge in [-0.3, -0.25) is 9.78 Å². The number of halogens is 2. The zero-order chi connectivity index (χ0) is 9.84. The lowest BCUT2D eigenvalue weighted by Crippen LogP contribution is -2.00. The van der Waals surface area contributed by atoms with Crippen molar-refractivity contribution in [2.75, 3.05) is 0 Å². The predicted octanol–water partition coefficient (Wildman–Crippen LogP) is 2.40. The number of aromatic nitrogens is 2. The van der Waals surface area contributed by atoms with Gasteiger partial charge in [-0.2, -0.15) is 5.26 Å². The average Bonchev–Trinajstić information content (AvgIpc) is 2.44. The van der Waals surface area contributed by atoms with Gasteiger partial charge in [0.1, 0.15) is 10.3 Å². The zero-order valence-corrected chi connectivity index (χ0v) is 7.44. The van der Waals surface area contributed by atoms with Crippen molar-refractivity contribution >= 4 is 12.2 Å². The highest BCUT2D eigenvalue weighted by atomic mass is 32.1. The monoisotopic (exact) mass is 203 g/mol. The molecule has 0 amide bonds. The van der Waals surface area contributed by atoms with E-state index in [4.69, 9.17) is 17.5 Å². The summed E-state index contributed by atoms with van der Waals surface area (Å²) in [7, 11) is 0. The molecule has 0 fully saturated rings. The minimum atomic E-state index is -2.55. The van der Waals surface area contributed by atoms with Gasteiger partial charge in [0, 0.05) is 6.07 Å². The highest BCUT2D eigenvalue weighted by Crippen LogP contribution is 2.16. The molecule has 6 heteroatoms. The Balaban J connectivity index is 2.85. The number of hydrogen-bond donors (Lipinski definition) is 1. The van der Waals surface area contributed by atoms with Crippen LogP contribution in [0.2, 0.25) is 0 Å². The summed E-state index contributed by atoms with van der Waals surface area (Å²) in [5.41, 5.74) is -0.206. The van der Waals surface area contributed by atoms with E-state index in [1.165, 1.54) is 10.7 Å². The summed E-state index contributed by atoms with van der Waals surface area (Å²) in [6.45, 7) is 0.321. The molecule has 0 aliphatic carbocycles. The summed E-state index contributed by atoms with van der Waals surface area (Å²) < 4.78 is 25.9. The first kappa shape index (κ1) is 9.86. The van der Waals surface area contributed by atoms with E-state index in [0.29, 0.717) is 11.2 Å². The fourth-order valence-corrected chi connectivity index (χ4v) is 1.16. The molecule has 1 heterocycles. The molecule has 70 valence electrons. The molecule has 0 bridgehead atoms. The number of aryl methyl sites for hydroxylation is 1. The lowest BCUT2D eigenvalue weighted by atomic mass is 10.4. The SMILES string of the molecule is N#CCCn1[nH]c(C(F)F)cc1=S. The van der Waals surface area contributed by atoms with Crippen molar-refractivity contribution in [2.24, 2.45) is 0 Å². The molecule has 1 aromatic rings. The maximum atomic E-state index is 12.1. The van der Waals surface area contributed by atoms with E-state index >= 15 is 0 Å². The second-order valence-electron chi connectivity index (χ2n) is 2.41. The van der Waals surface area contributed by atoms with Gasteiger partial charge in [-0.05, 0) is 0 Å². The Morgan fingerprint density at radius 2 is 2.38 bits per heavy atom. The number of alkyl halides is 2. The number of aromatic amines is 1. The van der Waals surface area contributed by atoms with Crippen LogP contribution in [0.5, 0.6) is 0 Å². The largest absolute Gasteiger partial charge is 0.296 e. The molecule has 0 aliphatic rings. The third kappa shape index (κ3) is 2.36. The molecular weight excluding hydrogens is 196 g/mol. The van der Waals surface area contributed by atoms with Crippen molar-refractivity contribution < 1.29 is 8.78 Å². The van der Waals surface area contributed by atoms with Crippen LogP contribution in [0.15, 0.2) is 6.07 Å². The fraction of sp³-hybridized carbons (Fsp3) is 0.429. The first-order chi connectivity index (χ1) is 6.15. The maximum Gasteiger partial charge on any atom is 0.279 e. The Bertz CT molecular complexity index is 374. The lowest BCUT2D eigenvalue weighted by Gasteiger charge is -1.97. The van der Waals surface area contributed by atoms with Crippen LogP contribution >= 0.6 is 12.2 Å². The van der Waals surface area contributed by atoms with Crippen LogP contribution in [-0.2, 0) is 6.54 Å². The molecule has 13 heavy (non-hydrogen) atoms. The number of nitrogens with zero attached hydrogens (tertiary/aromatic N) is 2. The molecule has 0 aliphatic heterocycles. The number of hydrogen-bond acceptors (Lipinski definition) is 2. The number of nitriles is 1. The van der Waals surface area contributed by atoms with E-state index in [9.17, 15) is 8.78 Å². The molecule has 1 N–H and O–H groups in total. The molecule has 0 saturated carbocycles. The second-order valence-corrected chi connectivity index (χ2v) is 2.83. The first-order valence-corrected chi connectivity index (χ1v) is 4.01. The van der Waals surface area contributed by atoms with Crippen molar-refractivity contribution in [3.8, 4) is 6.07 Å². The predicted molar refractivity (Wildman–Crippen MR) is 44.8 cm³/mol. The molecule has 3 nitrogen and oxygen atoms in total. The summed E-state index contributed by atoms with van der Waals surface area (Å²) >= 11 is 4.79. The molecule has 1 rings (SSSR count). The van der Waals surface area contributed by atoms with Crippen LogP contribution < -0.4 is 0 Å². The van der Waals surface area contributed by atoms with E-state index in [2.05, 4.69) is 5.10 Å². The van der Waals surface area contributed by atoms with Crippen molar-refractivity contribution in [1.82, 2.24) is 9.78 Å². The van der Waals surface area contributed by atoms with Crippen LogP contribution in [0.3, 0.4) is 0 Å². The molecule has 0 aromatic carbocycles. The van der Waals surface area contributed by atoms with Gasteiger partial charge in [0.2, 0.25) is 0 Å². The van der Waals surface area contributed by atoms with Gasteiger partial charge in [0.05, 0.1) is 19.0 Å². The van der Waals surface area contributed by atoms with E-state index < -0.39 is 6.43 Å². The molecule has 0 atom stereocenters. The Hall–Kier alpha value is -1.22. The molecule has 0 radical (unpaired) electrons. The van der Waals surface area contributed by atoms with E-state index in [1.54, 1.807) is 0 Å². The lowest BCUT2D eigenvalue weighted by molar-refractivity contribution is 0.145. The van der Waals surface area contributed by atoms with Crippen LogP contribution in [0.1, 0.15) is 18.5 Å². The van der Waals surface area contributed by atoms with Crippen molar-refractivity contribution in [2.45, 2.75) is 19.4 Å². The van der Waals surface area contributed by atoms with Crippen molar-refractivity contribution in [1.29, 1.82) is 5.26 Å². The van der Waals surface area contributed by atoms with Crippen LogP contribution in [0, 0.1) is 16.0 Å². The average molecular weight is 203 g/mol. The van der Waals surface area contributed by atoms with Gasteiger partial charge in [-0.15, -0.1) is 0 Å². The first-order valence-electron chi connectivity index (χ1n) is 3.60. The van der Waals surface area contributed by atoms with Gasteiger partial charge < -0.3 is 0 Å². The fourth-order valence-electron chi connectivity index (χ4n) is 0.894. The van der Waals surface area contributed by atoms with Gasteiger partial charge in [0.25, 0.3) is 6.43 Å². The van der Waals surface area contributed by atoms with Crippen molar-refractivity contribution in [3.63, 3.8) is 0 Å². The Labute approximate surface area is 78.6 Å². The maximum absolute atomic E-state index is 12.1. The second kappa shape index (κ2) is 4.14. The molecular formula is C7H7F2N3S. The quantitative estimate of drug-likeness (QED) is 0.766. The van der Waals surface area contributed by atoms with E-state index in [-0.39, 0.29) is 12.1 Å². The highest BCUT2D eigenvalue weighted by Gasteiger charge is 2.09. The molecule has 0 saturated heterocycles. The standard InChI is InChI=1S/C7H7F2N3S/c8-7(9)5-4-6(13)12(11-5)3-1-2-10/h4,7,11H,1,3H2. The van der Waals surface area contributed by atoms with Crippen LogP contribution in [-0.4, -0.2) is 9.78 Å². The summed E-state index contributed by atoms with van der Waals surface area (Å²) in [6, 6.07) is 3.11.